The SMILES string of the molecule is O=C(CSc1nc2sc3c(c2c(=O)n1-c1ccc(Cl)cc1)CCCC3)NN=Cc1ccc([N+](=O)[O-])cc1. The highest BCUT2D eigenvalue weighted by Gasteiger charge is 2.23. The number of thiophene rings is 1. The molecule has 0 atom stereocenters. The summed E-state index contributed by atoms with van der Waals surface area (Å²) in [7, 11) is 0. The minimum atomic E-state index is -0.486. The van der Waals surface area contributed by atoms with Gasteiger partial charge in [-0.2, -0.15) is 5.10 Å². The Hall–Kier alpha value is -3.54. The van der Waals surface area contributed by atoms with Crippen LogP contribution in [0.3, 0.4) is 0 Å². The molecule has 188 valence electrons. The van der Waals surface area contributed by atoms with Crippen molar-refractivity contribution < 1.29 is 9.72 Å². The molecule has 9 nitrogen and oxygen atoms in total. The number of hydrogen-bond acceptors (Lipinski definition) is 8. The highest BCUT2D eigenvalue weighted by Crippen LogP contribution is 2.35. The molecule has 0 bridgehead atoms. The summed E-state index contributed by atoms with van der Waals surface area (Å²) in [6.45, 7) is 0. The molecule has 12 heteroatoms. The zero-order valence-corrected chi connectivity index (χ0v) is 21.7. The number of nitro benzene ring substituents is 1. The van der Waals surface area contributed by atoms with Crippen molar-refractivity contribution in [1.29, 1.82) is 0 Å². The number of thioether (sulfide) groups is 1. The van der Waals surface area contributed by atoms with Crippen molar-refractivity contribution in [3.63, 3.8) is 0 Å². The molecular formula is C25H20ClN5O4S2. The summed E-state index contributed by atoms with van der Waals surface area (Å²) in [5.41, 5.74) is 4.59. The third-order valence-corrected chi connectivity index (χ3v) is 8.26. The van der Waals surface area contributed by atoms with Crippen LogP contribution >= 0.6 is 34.7 Å². The van der Waals surface area contributed by atoms with Crippen LogP contribution in [0.1, 0.15) is 28.8 Å². The summed E-state index contributed by atoms with van der Waals surface area (Å²) in [5, 5.41) is 16.3. The molecule has 0 fully saturated rings. The van der Waals surface area contributed by atoms with Crippen LogP contribution < -0.4 is 11.0 Å². The number of fused-ring (bicyclic) bond motifs is 3. The fourth-order valence-electron chi connectivity index (χ4n) is 4.12. The molecule has 2 aromatic carbocycles. The van der Waals surface area contributed by atoms with E-state index in [0.29, 0.717) is 31.6 Å². The number of hydrogen-bond donors (Lipinski definition) is 1. The van der Waals surface area contributed by atoms with Crippen molar-refractivity contribution in [2.24, 2.45) is 5.10 Å². The molecule has 0 spiro atoms. The molecule has 0 saturated carbocycles. The van der Waals surface area contributed by atoms with Crippen LogP contribution in [0.5, 0.6) is 0 Å². The Labute approximate surface area is 224 Å². The number of benzene rings is 2. The minimum Gasteiger partial charge on any atom is -0.272 e. The number of rotatable bonds is 7. The smallest absolute Gasteiger partial charge is 0.269 e. The molecule has 0 radical (unpaired) electrons. The van der Waals surface area contributed by atoms with E-state index in [1.807, 2.05) is 0 Å². The number of carbonyl (C=O) groups excluding carboxylic acids is 1. The van der Waals surface area contributed by atoms with Crippen LogP contribution in [0.4, 0.5) is 5.69 Å². The zero-order valence-electron chi connectivity index (χ0n) is 19.3. The fourth-order valence-corrected chi connectivity index (χ4v) is 6.36. The maximum absolute atomic E-state index is 13.7. The zero-order chi connectivity index (χ0) is 25.9. The van der Waals surface area contributed by atoms with Gasteiger partial charge in [-0.05, 0) is 73.2 Å². The van der Waals surface area contributed by atoms with E-state index in [-0.39, 0.29) is 22.9 Å². The number of nitro groups is 1. The number of aromatic nitrogens is 2. The van der Waals surface area contributed by atoms with Crippen molar-refractivity contribution in [1.82, 2.24) is 15.0 Å². The lowest BCUT2D eigenvalue weighted by Crippen LogP contribution is -2.24. The second-order valence-corrected chi connectivity index (χ2v) is 10.8. The first-order chi connectivity index (χ1) is 17.9. The summed E-state index contributed by atoms with van der Waals surface area (Å²) in [6, 6.07) is 12.7. The Bertz CT molecular complexity index is 1580. The van der Waals surface area contributed by atoms with Crippen LogP contribution in [0.2, 0.25) is 5.02 Å². The number of carbonyl (C=O) groups is 1. The second kappa shape index (κ2) is 10.8. The van der Waals surface area contributed by atoms with E-state index in [9.17, 15) is 19.7 Å². The number of nitrogens with one attached hydrogen (secondary N) is 1. The third-order valence-electron chi connectivity index (χ3n) is 5.88. The van der Waals surface area contributed by atoms with Gasteiger partial charge in [0, 0.05) is 22.0 Å². The normalized spacial score (nSPS) is 13.1. The average Bonchev–Trinajstić information content (AvgIpc) is 3.27. The van der Waals surface area contributed by atoms with Gasteiger partial charge in [-0.1, -0.05) is 23.4 Å². The van der Waals surface area contributed by atoms with E-state index in [2.05, 4.69) is 10.5 Å². The summed E-state index contributed by atoms with van der Waals surface area (Å²) >= 11 is 8.77. The van der Waals surface area contributed by atoms with Crippen LogP contribution in [-0.2, 0) is 17.6 Å². The highest BCUT2D eigenvalue weighted by atomic mass is 35.5. The monoisotopic (exact) mass is 553 g/mol. The van der Waals surface area contributed by atoms with Gasteiger partial charge in [-0.15, -0.1) is 11.3 Å². The van der Waals surface area contributed by atoms with E-state index < -0.39 is 4.92 Å². The number of non-ortho nitro benzene ring substituents is 1. The summed E-state index contributed by atoms with van der Waals surface area (Å²) in [6.07, 6.45) is 5.38. The number of hydrazone groups is 1. The average molecular weight is 554 g/mol. The first-order valence-corrected chi connectivity index (χ1v) is 13.6. The fraction of sp³-hybridized carbons (Fsp3) is 0.200. The Balaban J connectivity index is 1.38. The van der Waals surface area contributed by atoms with Crippen LogP contribution in [0.25, 0.3) is 15.9 Å². The molecular weight excluding hydrogens is 534 g/mol. The molecule has 0 unspecified atom stereocenters. The number of amides is 1. The first-order valence-electron chi connectivity index (χ1n) is 11.4. The third kappa shape index (κ3) is 5.43. The number of nitrogens with zero attached hydrogens (tertiary/aromatic N) is 4. The Morgan fingerprint density at radius 1 is 1.19 bits per heavy atom. The van der Waals surface area contributed by atoms with E-state index in [0.717, 1.165) is 43.0 Å². The molecule has 0 saturated heterocycles. The summed E-state index contributed by atoms with van der Waals surface area (Å²) in [4.78, 5) is 43.2. The Morgan fingerprint density at radius 3 is 2.65 bits per heavy atom. The summed E-state index contributed by atoms with van der Waals surface area (Å²) in [5.74, 6) is -0.403. The van der Waals surface area contributed by atoms with Gasteiger partial charge < -0.3 is 0 Å². The molecule has 0 aliphatic heterocycles. The minimum absolute atomic E-state index is 0.0196. The second-order valence-electron chi connectivity index (χ2n) is 8.33. The molecule has 2 heterocycles. The van der Waals surface area contributed by atoms with Gasteiger partial charge in [0.1, 0.15) is 4.83 Å². The van der Waals surface area contributed by atoms with Crippen molar-refractivity contribution in [2.75, 3.05) is 5.75 Å². The largest absolute Gasteiger partial charge is 0.272 e. The molecule has 37 heavy (non-hydrogen) atoms. The molecule has 1 amide bonds. The van der Waals surface area contributed by atoms with Crippen molar-refractivity contribution in [3.05, 3.63) is 90.0 Å². The predicted molar refractivity (Wildman–Crippen MR) is 146 cm³/mol. The van der Waals surface area contributed by atoms with Crippen molar-refractivity contribution >= 4 is 62.7 Å². The lowest BCUT2D eigenvalue weighted by molar-refractivity contribution is -0.384. The predicted octanol–water partition coefficient (Wildman–Crippen LogP) is 5.13. The van der Waals surface area contributed by atoms with Gasteiger partial charge in [0.25, 0.3) is 17.2 Å². The van der Waals surface area contributed by atoms with Gasteiger partial charge in [-0.3, -0.25) is 24.3 Å². The topological polar surface area (TPSA) is 119 Å². The van der Waals surface area contributed by atoms with E-state index >= 15 is 0 Å². The maximum Gasteiger partial charge on any atom is 0.269 e. The molecule has 4 aromatic rings. The lowest BCUT2D eigenvalue weighted by Gasteiger charge is -2.13. The van der Waals surface area contributed by atoms with Crippen LogP contribution in [-0.4, -0.2) is 32.3 Å². The number of aryl methyl sites for hydroxylation is 2. The van der Waals surface area contributed by atoms with Gasteiger partial charge >= 0.3 is 0 Å². The summed E-state index contributed by atoms with van der Waals surface area (Å²) < 4.78 is 1.54. The maximum atomic E-state index is 13.7. The van der Waals surface area contributed by atoms with Crippen molar-refractivity contribution in [2.45, 2.75) is 30.8 Å². The molecule has 1 aliphatic rings. The quantitative estimate of drug-likeness (QED) is 0.111. The Kier molecular flexibility index (Phi) is 7.36. The molecule has 1 N–H and O–H groups in total. The van der Waals surface area contributed by atoms with Crippen LogP contribution in [0.15, 0.2) is 63.6 Å². The van der Waals surface area contributed by atoms with Gasteiger partial charge in [-0.25, -0.2) is 10.4 Å². The lowest BCUT2D eigenvalue weighted by atomic mass is 9.97. The molecule has 5 rings (SSSR count). The first kappa shape index (κ1) is 25.1. The molecule has 2 aromatic heterocycles. The van der Waals surface area contributed by atoms with Gasteiger partial charge in [0.2, 0.25) is 0 Å². The Morgan fingerprint density at radius 2 is 1.92 bits per heavy atom. The standard InChI is InChI=1S/C25H20ClN5O4S2/c26-16-7-11-17(12-8-16)30-24(33)22-19-3-1-2-4-20(19)37-23(22)28-25(30)36-14-21(32)29-27-13-15-5-9-18(10-6-15)31(34)35/h5-13H,1-4,14H2,(H,29,32). The number of halogens is 1. The van der Waals surface area contributed by atoms with E-state index in [1.165, 1.54) is 35.4 Å². The molecule has 1 aliphatic carbocycles. The van der Waals surface area contributed by atoms with Crippen molar-refractivity contribution in [3.8, 4) is 5.69 Å². The van der Waals surface area contributed by atoms with Gasteiger partial charge in [0.05, 0.1) is 28.0 Å². The van der Waals surface area contributed by atoms with Crippen LogP contribution in [0, 0.1) is 10.1 Å². The van der Waals surface area contributed by atoms with Gasteiger partial charge in [0.15, 0.2) is 5.16 Å². The van der Waals surface area contributed by atoms with E-state index in [4.69, 9.17) is 16.6 Å². The van der Waals surface area contributed by atoms with E-state index in [1.54, 1.807) is 40.2 Å². The highest BCUT2D eigenvalue weighted by molar-refractivity contribution is 7.99.